The second kappa shape index (κ2) is 7.74. The van der Waals surface area contributed by atoms with Gasteiger partial charge in [0.05, 0.1) is 8.07 Å². The van der Waals surface area contributed by atoms with Gasteiger partial charge in [0.25, 0.3) is 0 Å². The van der Waals surface area contributed by atoms with Crippen LogP contribution in [0.2, 0.25) is 25.2 Å². The SMILES string of the molecule is C[Si](C)(C)[C@@H](C#CCCCCl)[C@@H](N)c1ccccc1. The Hall–Kier alpha value is -0.753. The highest BCUT2D eigenvalue weighted by atomic mass is 35.5. The van der Waals surface area contributed by atoms with Crippen LogP contribution in [-0.4, -0.2) is 14.0 Å². The average molecular weight is 294 g/mol. The van der Waals surface area contributed by atoms with Crippen molar-refractivity contribution < 1.29 is 0 Å². The zero-order valence-electron chi connectivity index (χ0n) is 12.1. The summed E-state index contributed by atoms with van der Waals surface area (Å²) in [5.74, 6) is 7.36. The van der Waals surface area contributed by atoms with Gasteiger partial charge in [0, 0.05) is 23.9 Å². The van der Waals surface area contributed by atoms with Crippen molar-refractivity contribution in [2.75, 3.05) is 5.88 Å². The first-order valence-electron chi connectivity index (χ1n) is 6.81. The van der Waals surface area contributed by atoms with Gasteiger partial charge in [-0.05, 0) is 12.0 Å². The summed E-state index contributed by atoms with van der Waals surface area (Å²) in [5.41, 5.74) is 7.91. The van der Waals surface area contributed by atoms with E-state index in [-0.39, 0.29) is 11.6 Å². The Kier molecular flexibility index (Phi) is 6.64. The van der Waals surface area contributed by atoms with E-state index in [2.05, 4.69) is 43.6 Å². The Morgan fingerprint density at radius 3 is 2.37 bits per heavy atom. The van der Waals surface area contributed by atoms with Crippen LogP contribution in [0.5, 0.6) is 0 Å². The fraction of sp³-hybridized carbons (Fsp3) is 0.500. The predicted molar refractivity (Wildman–Crippen MR) is 88.2 cm³/mol. The average Bonchev–Trinajstić information content (AvgIpc) is 2.37. The van der Waals surface area contributed by atoms with E-state index in [1.807, 2.05) is 18.2 Å². The molecule has 1 aromatic rings. The Morgan fingerprint density at radius 1 is 1.21 bits per heavy atom. The van der Waals surface area contributed by atoms with Crippen LogP contribution in [0.4, 0.5) is 0 Å². The number of benzene rings is 1. The van der Waals surface area contributed by atoms with E-state index < -0.39 is 8.07 Å². The summed E-state index contributed by atoms with van der Waals surface area (Å²) < 4.78 is 0. The molecule has 0 saturated carbocycles. The van der Waals surface area contributed by atoms with Gasteiger partial charge in [0.1, 0.15) is 0 Å². The second-order valence-corrected chi connectivity index (χ2v) is 11.6. The van der Waals surface area contributed by atoms with E-state index in [9.17, 15) is 0 Å². The molecule has 19 heavy (non-hydrogen) atoms. The van der Waals surface area contributed by atoms with Crippen molar-refractivity contribution in [2.24, 2.45) is 5.73 Å². The fourth-order valence-electron chi connectivity index (χ4n) is 2.05. The predicted octanol–water partition coefficient (Wildman–Crippen LogP) is 4.42. The highest BCUT2D eigenvalue weighted by Crippen LogP contribution is 2.32. The lowest BCUT2D eigenvalue weighted by Gasteiger charge is -2.30. The van der Waals surface area contributed by atoms with Crippen molar-refractivity contribution in [3.63, 3.8) is 0 Å². The van der Waals surface area contributed by atoms with Crippen LogP contribution in [0.3, 0.4) is 0 Å². The zero-order valence-corrected chi connectivity index (χ0v) is 13.9. The lowest BCUT2D eigenvalue weighted by molar-refractivity contribution is 0.731. The zero-order chi connectivity index (χ0) is 14.3. The van der Waals surface area contributed by atoms with Gasteiger partial charge in [-0.15, -0.1) is 23.4 Å². The molecule has 0 heterocycles. The third kappa shape index (κ3) is 5.40. The lowest BCUT2D eigenvalue weighted by Crippen LogP contribution is -2.35. The maximum absolute atomic E-state index is 6.45. The molecule has 0 unspecified atom stereocenters. The van der Waals surface area contributed by atoms with Crippen LogP contribution in [0.15, 0.2) is 30.3 Å². The first-order valence-corrected chi connectivity index (χ1v) is 10.9. The summed E-state index contributed by atoms with van der Waals surface area (Å²) in [4.78, 5) is 0. The molecule has 2 atom stereocenters. The number of rotatable bonds is 5. The minimum absolute atomic E-state index is 0.0105. The van der Waals surface area contributed by atoms with E-state index in [4.69, 9.17) is 17.3 Å². The highest BCUT2D eigenvalue weighted by molar-refractivity contribution is 6.78. The largest absolute Gasteiger partial charge is 0.323 e. The summed E-state index contributed by atoms with van der Waals surface area (Å²) in [6, 6.07) is 10.3. The minimum atomic E-state index is -1.42. The van der Waals surface area contributed by atoms with Crippen LogP contribution < -0.4 is 5.73 Å². The molecule has 0 spiro atoms. The summed E-state index contributed by atoms with van der Waals surface area (Å²) in [6.07, 6.45) is 1.82. The molecule has 3 heteroatoms. The molecule has 1 nitrogen and oxygen atoms in total. The molecule has 0 aliphatic carbocycles. The van der Waals surface area contributed by atoms with E-state index in [1.165, 1.54) is 5.56 Å². The van der Waals surface area contributed by atoms with Crippen molar-refractivity contribution in [3.8, 4) is 11.8 Å². The first-order chi connectivity index (χ1) is 8.96. The molecule has 1 aromatic carbocycles. The molecule has 1 rings (SSSR count). The highest BCUT2D eigenvalue weighted by Gasteiger charge is 2.31. The number of hydrogen-bond acceptors (Lipinski definition) is 1. The number of nitrogens with two attached hydrogens (primary N) is 1. The molecule has 0 aromatic heterocycles. The van der Waals surface area contributed by atoms with Crippen LogP contribution in [0, 0.1) is 11.8 Å². The molecule has 0 radical (unpaired) electrons. The smallest absolute Gasteiger partial charge is 0.0637 e. The van der Waals surface area contributed by atoms with Gasteiger partial charge in [-0.2, -0.15) is 0 Å². The van der Waals surface area contributed by atoms with Crippen LogP contribution in [0.25, 0.3) is 0 Å². The van der Waals surface area contributed by atoms with Gasteiger partial charge < -0.3 is 5.73 Å². The fourth-order valence-corrected chi connectivity index (χ4v) is 3.99. The lowest BCUT2D eigenvalue weighted by atomic mass is 10.0. The summed E-state index contributed by atoms with van der Waals surface area (Å²) >= 11 is 5.68. The molecule has 2 N–H and O–H groups in total. The van der Waals surface area contributed by atoms with Gasteiger partial charge in [-0.25, -0.2) is 0 Å². The molecule has 0 bridgehead atoms. The number of hydrogen-bond donors (Lipinski definition) is 1. The van der Waals surface area contributed by atoms with Gasteiger partial charge in [-0.3, -0.25) is 0 Å². The third-order valence-corrected chi connectivity index (χ3v) is 5.81. The molecule has 0 amide bonds. The molecule has 104 valence electrons. The molecular formula is C16H24ClNSi. The van der Waals surface area contributed by atoms with Crippen molar-refractivity contribution >= 4 is 19.7 Å². The number of unbranched alkanes of at least 4 members (excludes halogenated alkanes) is 1. The van der Waals surface area contributed by atoms with E-state index in [0.29, 0.717) is 5.88 Å². The summed E-state index contributed by atoms with van der Waals surface area (Å²) in [7, 11) is -1.42. The third-order valence-electron chi connectivity index (χ3n) is 3.17. The Labute approximate surface area is 123 Å². The van der Waals surface area contributed by atoms with Crippen LogP contribution in [0.1, 0.15) is 24.4 Å². The van der Waals surface area contributed by atoms with Crippen molar-refractivity contribution in [3.05, 3.63) is 35.9 Å². The van der Waals surface area contributed by atoms with Gasteiger partial charge in [0.15, 0.2) is 0 Å². The van der Waals surface area contributed by atoms with Gasteiger partial charge in [0.2, 0.25) is 0 Å². The molecule has 0 aliphatic rings. The maximum atomic E-state index is 6.45. The molecule has 0 saturated heterocycles. The summed E-state index contributed by atoms with van der Waals surface area (Å²) in [6.45, 7) is 6.99. The Balaban J connectivity index is 2.88. The van der Waals surface area contributed by atoms with Crippen molar-refractivity contribution in [1.82, 2.24) is 0 Å². The topological polar surface area (TPSA) is 26.0 Å². The number of halogens is 1. The second-order valence-electron chi connectivity index (χ2n) is 5.89. The normalized spacial score (nSPS) is 14.4. The van der Waals surface area contributed by atoms with Crippen molar-refractivity contribution in [2.45, 2.75) is 44.1 Å². The molecule has 0 aliphatic heterocycles. The van der Waals surface area contributed by atoms with Crippen molar-refractivity contribution in [1.29, 1.82) is 0 Å². The monoisotopic (exact) mass is 293 g/mol. The van der Waals surface area contributed by atoms with E-state index in [0.717, 1.165) is 12.8 Å². The number of alkyl halides is 1. The standard InChI is InChI=1S/C16H24ClNSi/c1-19(2,3)15(12-8-5-9-13-17)16(18)14-10-6-4-7-11-14/h4,6-7,10-11,15-16H,5,9,13,18H2,1-3H3/t15-,16-/m0/s1. The Morgan fingerprint density at radius 2 is 1.84 bits per heavy atom. The van der Waals surface area contributed by atoms with Gasteiger partial charge >= 0.3 is 0 Å². The maximum Gasteiger partial charge on any atom is 0.0637 e. The first kappa shape index (κ1) is 16.3. The summed E-state index contributed by atoms with van der Waals surface area (Å²) in [5, 5.41) is 0. The molecule has 0 fully saturated rings. The van der Waals surface area contributed by atoms with Crippen LogP contribution >= 0.6 is 11.6 Å². The van der Waals surface area contributed by atoms with E-state index in [1.54, 1.807) is 0 Å². The minimum Gasteiger partial charge on any atom is -0.323 e. The van der Waals surface area contributed by atoms with Crippen LogP contribution in [-0.2, 0) is 0 Å². The van der Waals surface area contributed by atoms with Gasteiger partial charge in [-0.1, -0.05) is 50.0 Å². The van der Waals surface area contributed by atoms with E-state index >= 15 is 0 Å². The Bertz CT molecular complexity index is 428. The molecular weight excluding hydrogens is 270 g/mol. The quantitative estimate of drug-likeness (QED) is 0.370.